The molecule has 0 saturated heterocycles. The van der Waals surface area contributed by atoms with Crippen LogP contribution in [0, 0.1) is 0 Å². The Bertz CT molecular complexity index is 692. The van der Waals surface area contributed by atoms with E-state index in [0.29, 0.717) is 10.1 Å². The molecule has 0 aliphatic carbocycles. The topological polar surface area (TPSA) is 54.6 Å². The summed E-state index contributed by atoms with van der Waals surface area (Å²) in [5, 5.41) is 12.6. The summed E-state index contributed by atoms with van der Waals surface area (Å²) in [7, 11) is 0. The first-order valence-electron chi connectivity index (χ1n) is 7.08. The Hall–Kier alpha value is -2.05. The summed E-state index contributed by atoms with van der Waals surface area (Å²) < 4.78 is 39.9. The van der Waals surface area contributed by atoms with Crippen molar-refractivity contribution in [2.75, 3.05) is 0 Å². The molecule has 0 fully saturated rings. The quantitative estimate of drug-likeness (QED) is 0.893. The molecule has 0 saturated carbocycles. The Labute approximate surface area is 125 Å². The van der Waals surface area contributed by atoms with Gasteiger partial charge in [0.05, 0.1) is 5.52 Å². The summed E-state index contributed by atoms with van der Waals surface area (Å²) >= 11 is 0. The molecule has 1 atom stereocenters. The van der Waals surface area contributed by atoms with Gasteiger partial charge in [-0.2, -0.15) is 18.3 Å². The first-order chi connectivity index (χ1) is 10.3. The van der Waals surface area contributed by atoms with Crippen LogP contribution in [0.4, 0.5) is 13.2 Å². The molecule has 1 N–H and O–H groups in total. The molecule has 0 aromatic carbocycles. The smallest absolute Gasteiger partial charge is 0.433 e. The third-order valence-electron chi connectivity index (χ3n) is 3.69. The summed E-state index contributed by atoms with van der Waals surface area (Å²) in [5.41, 5.74) is -0.473. The average molecular weight is 314 g/mol. The zero-order valence-corrected chi connectivity index (χ0v) is 12.3. The minimum atomic E-state index is -4.59. The lowest BCUT2D eigenvalue weighted by Crippen LogP contribution is -2.14. The van der Waals surface area contributed by atoms with Gasteiger partial charge in [0.2, 0.25) is 0 Å². The number of nitrogens with zero attached hydrogens (tertiary/aromatic N) is 2. The highest BCUT2D eigenvalue weighted by molar-refractivity contribution is 5.87. The predicted molar refractivity (Wildman–Crippen MR) is 75.1 cm³/mol. The molecule has 0 radical (unpaired) electrons. The van der Waals surface area contributed by atoms with Crippen LogP contribution < -0.4 is 0 Å². The summed E-state index contributed by atoms with van der Waals surface area (Å²) in [4.78, 5) is 11.0. The van der Waals surface area contributed by atoms with Gasteiger partial charge in [-0.1, -0.05) is 32.8 Å². The van der Waals surface area contributed by atoms with Crippen molar-refractivity contribution in [3.8, 4) is 0 Å². The maximum Gasteiger partial charge on any atom is 0.433 e. The summed E-state index contributed by atoms with van der Waals surface area (Å²) in [6.07, 6.45) is -1.83. The number of fused-ring (bicyclic) bond motifs is 1. The summed E-state index contributed by atoms with van der Waals surface area (Å²) in [6, 6.07) is 3.59. The first-order valence-corrected chi connectivity index (χ1v) is 7.08. The molecule has 22 heavy (non-hydrogen) atoms. The van der Waals surface area contributed by atoms with Gasteiger partial charge >= 0.3 is 12.1 Å². The fraction of sp³-hybridized carbons (Fsp3) is 0.467. The Morgan fingerprint density at radius 1 is 1.41 bits per heavy atom. The van der Waals surface area contributed by atoms with Crippen molar-refractivity contribution in [1.29, 1.82) is 0 Å². The summed E-state index contributed by atoms with van der Waals surface area (Å²) in [6.45, 7) is 3.96. The van der Waals surface area contributed by atoms with E-state index < -0.39 is 17.8 Å². The zero-order valence-electron chi connectivity index (χ0n) is 12.3. The molecule has 2 aromatic heterocycles. The van der Waals surface area contributed by atoms with Crippen LogP contribution in [-0.2, 0) is 6.18 Å². The Morgan fingerprint density at radius 3 is 2.64 bits per heavy atom. The average Bonchev–Trinajstić information content (AvgIpc) is 2.87. The standard InChI is InChI=1S/C15H17F3N2O2/c1-3-4-5-9(2)10-6-7-13(15(16,17)18)20-12(10)8-11(19-20)14(21)22/h6-9H,3-5H2,1-2H3,(H,21,22). The number of hydrogen-bond donors (Lipinski definition) is 1. The number of unbranched alkanes of at least 4 members (excludes halogenated alkanes) is 1. The highest BCUT2D eigenvalue weighted by Gasteiger charge is 2.35. The van der Waals surface area contributed by atoms with E-state index >= 15 is 0 Å². The molecule has 2 rings (SSSR count). The van der Waals surface area contributed by atoms with Crippen LogP contribution in [0.3, 0.4) is 0 Å². The summed E-state index contributed by atoms with van der Waals surface area (Å²) in [5.74, 6) is -1.31. The van der Waals surface area contributed by atoms with Gasteiger partial charge in [-0.25, -0.2) is 9.31 Å². The second-order valence-corrected chi connectivity index (χ2v) is 5.35. The molecule has 2 aromatic rings. The highest BCUT2D eigenvalue weighted by atomic mass is 19.4. The number of hydrogen-bond acceptors (Lipinski definition) is 2. The van der Waals surface area contributed by atoms with Crippen molar-refractivity contribution in [2.24, 2.45) is 0 Å². The second-order valence-electron chi connectivity index (χ2n) is 5.35. The molecule has 120 valence electrons. The highest BCUT2D eigenvalue weighted by Crippen LogP contribution is 2.33. The third kappa shape index (κ3) is 3.08. The fourth-order valence-electron chi connectivity index (χ4n) is 2.50. The minimum Gasteiger partial charge on any atom is -0.476 e. The largest absolute Gasteiger partial charge is 0.476 e. The number of aromatic nitrogens is 2. The van der Waals surface area contributed by atoms with Crippen LogP contribution in [0.2, 0.25) is 0 Å². The second kappa shape index (κ2) is 5.98. The number of halogens is 3. The van der Waals surface area contributed by atoms with Gasteiger partial charge in [-0.15, -0.1) is 0 Å². The molecule has 0 bridgehead atoms. The van der Waals surface area contributed by atoms with E-state index in [1.807, 2.05) is 13.8 Å². The van der Waals surface area contributed by atoms with Crippen molar-refractivity contribution in [3.63, 3.8) is 0 Å². The number of pyridine rings is 1. The van der Waals surface area contributed by atoms with Gasteiger partial charge in [-0.3, -0.25) is 0 Å². The molecule has 0 aliphatic heterocycles. The van der Waals surface area contributed by atoms with E-state index in [-0.39, 0.29) is 17.1 Å². The molecule has 2 heterocycles. The Morgan fingerprint density at radius 2 is 2.09 bits per heavy atom. The van der Waals surface area contributed by atoms with Gasteiger partial charge < -0.3 is 5.11 Å². The van der Waals surface area contributed by atoms with E-state index in [2.05, 4.69) is 5.10 Å². The van der Waals surface area contributed by atoms with E-state index in [4.69, 9.17) is 5.11 Å². The third-order valence-corrected chi connectivity index (χ3v) is 3.69. The molecule has 0 spiro atoms. The molecular formula is C15H17F3N2O2. The van der Waals surface area contributed by atoms with E-state index in [1.54, 1.807) is 0 Å². The van der Waals surface area contributed by atoms with Crippen LogP contribution in [0.1, 0.15) is 60.8 Å². The van der Waals surface area contributed by atoms with Gasteiger partial charge in [0, 0.05) is 0 Å². The van der Waals surface area contributed by atoms with E-state index in [9.17, 15) is 18.0 Å². The van der Waals surface area contributed by atoms with Gasteiger partial charge in [0.25, 0.3) is 0 Å². The number of carbonyl (C=O) groups is 1. The minimum absolute atomic E-state index is 0.0306. The Balaban J connectivity index is 2.62. The van der Waals surface area contributed by atoms with Gasteiger partial charge in [-0.05, 0) is 30.0 Å². The maximum atomic E-state index is 13.1. The predicted octanol–water partition coefficient (Wildman–Crippen LogP) is 4.35. The van der Waals surface area contributed by atoms with Crippen molar-refractivity contribution >= 4 is 11.5 Å². The van der Waals surface area contributed by atoms with Crippen LogP contribution in [0.15, 0.2) is 18.2 Å². The normalized spacial score (nSPS) is 13.5. The lowest BCUT2D eigenvalue weighted by atomic mass is 9.95. The molecule has 1 unspecified atom stereocenters. The van der Waals surface area contributed by atoms with Crippen LogP contribution in [-0.4, -0.2) is 20.7 Å². The SMILES string of the molecule is CCCCC(C)c1ccc(C(F)(F)F)n2nc(C(=O)O)cc12. The van der Waals surface area contributed by atoms with Crippen LogP contribution >= 0.6 is 0 Å². The van der Waals surface area contributed by atoms with Gasteiger partial charge in [0.1, 0.15) is 5.69 Å². The van der Waals surface area contributed by atoms with Crippen LogP contribution in [0.25, 0.3) is 5.52 Å². The van der Waals surface area contributed by atoms with Crippen LogP contribution in [0.5, 0.6) is 0 Å². The number of carboxylic acid groups (broad SMARTS) is 1. The Kier molecular flexibility index (Phi) is 4.44. The molecule has 0 aliphatic rings. The van der Waals surface area contributed by atoms with Crippen molar-refractivity contribution in [3.05, 3.63) is 35.2 Å². The molecular weight excluding hydrogens is 297 g/mol. The lowest BCUT2D eigenvalue weighted by molar-refractivity contribution is -0.142. The molecule has 7 heteroatoms. The van der Waals surface area contributed by atoms with Crippen molar-refractivity contribution in [2.45, 2.75) is 45.2 Å². The number of alkyl halides is 3. The molecule has 0 amide bonds. The van der Waals surface area contributed by atoms with Crippen molar-refractivity contribution in [1.82, 2.24) is 9.61 Å². The monoisotopic (exact) mass is 314 g/mol. The maximum absolute atomic E-state index is 13.1. The number of carboxylic acids is 1. The van der Waals surface area contributed by atoms with Crippen molar-refractivity contribution < 1.29 is 23.1 Å². The molecule has 4 nitrogen and oxygen atoms in total. The van der Waals surface area contributed by atoms with Gasteiger partial charge in [0.15, 0.2) is 5.69 Å². The van der Waals surface area contributed by atoms with E-state index in [0.717, 1.165) is 25.3 Å². The zero-order chi connectivity index (χ0) is 16.5. The number of aromatic carboxylic acids is 1. The number of rotatable bonds is 5. The first kappa shape index (κ1) is 16.3. The fourth-order valence-corrected chi connectivity index (χ4v) is 2.50. The van der Waals surface area contributed by atoms with E-state index in [1.165, 1.54) is 12.1 Å². The lowest BCUT2D eigenvalue weighted by Gasteiger charge is -2.16.